The van der Waals surface area contributed by atoms with Crippen molar-refractivity contribution >= 4 is 46.6 Å². The van der Waals surface area contributed by atoms with E-state index in [4.69, 9.17) is 32.7 Å². The summed E-state index contributed by atoms with van der Waals surface area (Å²) in [5.74, 6) is 0.151. The molecule has 1 aromatic heterocycles. The first kappa shape index (κ1) is 26.9. The van der Waals surface area contributed by atoms with E-state index in [1.807, 2.05) is 60.7 Å². The van der Waals surface area contributed by atoms with Gasteiger partial charge in [0.15, 0.2) is 4.80 Å². The molecule has 0 bridgehead atoms. The summed E-state index contributed by atoms with van der Waals surface area (Å²) in [6.07, 6.45) is 1.80. The van der Waals surface area contributed by atoms with Gasteiger partial charge < -0.3 is 9.47 Å². The van der Waals surface area contributed by atoms with Gasteiger partial charge in [-0.25, -0.2) is 9.79 Å². The third kappa shape index (κ3) is 5.71. The van der Waals surface area contributed by atoms with Crippen LogP contribution in [0.15, 0.2) is 93.9 Å². The van der Waals surface area contributed by atoms with Crippen molar-refractivity contribution in [2.45, 2.75) is 26.5 Å². The predicted molar refractivity (Wildman–Crippen MR) is 154 cm³/mol. The van der Waals surface area contributed by atoms with Crippen LogP contribution < -0.4 is 19.6 Å². The second-order valence-corrected chi connectivity index (χ2v) is 10.7. The van der Waals surface area contributed by atoms with Crippen molar-refractivity contribution in [3.05, 3.63) is 130 Å². The monoisotopic (exact) mass is 578 g/mol. The number of carbonyl (C=O) groups is 1. The summed E-state index contributed by atoms with van der Waals surface area (Å²) >= 11 is 13.5. The second kappa shape index (κ2) is 11.6. The molecule has 9 heteroatoms. The lowest BCUT2D eigenvalue weighted by Gasteiger charge is -2.24. The molecule has 0 N–H and O–H groups in total. The Labute approximate surface area is 239 Å². The molecule has 0 saturated heterocycles. The summed E-state index contributed by atoms with van der Waals surface area (Å²) in [6.45, 7) is 4.02. The van der Waals surface area contributed by atoms with Gasteiger partial charge in [0, 0.05) is 15.6 Å². The first-order valence-electron chi connectivity index (χ1n) is 12.3. The number of benzene rings is 3. The number of hydrogen-bond donors (Lipinski definition) is 0. The number of allylic oxidation sites excluding steroid dienone is 1. The molecule has 198 valence electrons. The molecule has 2 heterocycles. The van der Waals surface area contributed by atoms with Gasteiger partial charge in [0.1, 0.15) is 12.4 Å². The lowest BCUT2D eigenvalue weighted by molar-refractivity contribution is -0.139. The van der Waals surface area contributed by atoms with Crippen LogP contribution in [0.4, 0.5) is 0 Å². The molecular weight excluding hydrogens is 555 g/mol. The van der Waals surface area contributed by atoms with Crippen LogP contribution in [0, 0.1) is 0 Å². The largest absolute Gasteiger partial charge is 0.489 e. The number of halogens is 2. The van der Waals surface area contributed by atoms with E-state index in [1.165, 1.54) is 11.3 Å². The zero-order valence-corrected chi connectivity index (χ0v) is 23.5. The molecule has 3 aromatic carbocycles. The maximum absolute atomic E-state index is 13.7. The van der Waals surface area contributed by atoms with Crippen molar-refractivity contribution in [1.29, 1.82) is 0 Å². The fourth-order valence-electron chi connectivity index (χ4n) is 4.39. The van der Waals surface area contributed by atoms with Gasteiger partial charge in [-0.15, -0.1) is 0 Å². The van der Waals surface area contributed by atoms with Gasteiger partial charge in [-0.3, -0.25) is 9.36 Å². The van der Waals surface area contributed by atoms with Crippen LogP contribution in [-0.4, -0.2) is 17.1 Å². The van der Waals surface area contributed by atoms with Crippen LogP contribution in [-0.2, 0) is 16.1 Å². The molecule has 1 aliphatic rings. The molecule has 0 amide bonds. The van der Waals surface area contributed by atoms with E-state index >= 15 is 0 Å². The third-order valence-electron chi connectivity index (χ3n) is 6.20. The Balaban J connectivity index is 1.52. The van der Waals surface area contributed by atoms with Crippen molar-refractivity contribution in [3.8, 4) is 5.75 Å². The number of carbonyl (C=O) groups excluding carboxylic acids is 1. The van der Waals surface area contributed by atoms with E-state index < -0.39 is 12.0 Å². The SMILES string of the molecule is CCOC(=O)C1=C(C)N=c2s/c(=C/c3cccc(OCc4ccc(Cl)cc4Cl)c3)c(=O)n2[C@@H]1c1ccccc1. The van der Waals surface area contributed by atoms with Gasteiger partial charge in [-0.1, -0.05) is 83.1 Å². The molecule has 0 aliphatic carbocycles. The van der Waals surface area contributed by atoms with E-state index in [0.717, 1.165) is 16.7 Å². The fraction of sp³-hybridized carbons (Fsp3) is 0.167. The molecule has 0 saturated carbocycles. The first-order chi connectivity index (χ1) is 18.9. The minimum absolute atomic E-state index is 0.226. The molecule has 0 spiro atoms. The van der Waals surface area contributed by atoms with Gasteiger partial charge in [0.2, 0.25) is 0 Å². The van der Waals surface area contributed by atoms with E-state index in [2.05, 4.69) is 4.99 Å². The van der Waals surface area contributed by atoms with Gasteiger partial charge in [-0.05, 0) is 55.3 Å². The highest BCUT2D eigenvalue weighted by Crippen LogP contribution is 2.30. The zero-order valence-electron chi connectivity index (χ0n) is 21.2. The Morgan fingerprint density at radius 3 is 2.62 bits per heavy atom. The molecule has 0 unspecified atom stereocenters. The van der Waals surface area contributed by atoms with E-state index in [0.29, 0.717) is 36.4 Å². The highest BCUT2D eigenvalue weighted by Gasteiger charge is 2.33. The average Bonchev–Trinajstić information content (AvgIpc) is 3.22. The number of rotatable bonds is 7. The van der Waals surface area contributed by atoms with Gasteiger partial charge in [0.25, 0.3) is 5.56 Å². The quantitative estimate of drug-likeness (QED) is 0.264. The number of ether oxygens (including phenoxy) is 2. The molecule has 5 rings (SSSR count). The van der Waals surface area contributed by atoms with Crippen LogP contribution >= 0.6 is 34.5 Å². The Hall–Kier alpha value is -3.65. The van der Waals surface area contributed by atoms with E-state index in [9.17, 15) is 9.59 Å². The zero-order chi connectivity index (χ0) is 27.5. The minimum Gasteiger partial charge on any atom is -0.489 e. The van der Waals surface area contributed by atoms with E-state index in [-0.39, 0.29) is 18.8 Å². The summed E-state index contributed by atoms with van der Waals surface area (Å²) in [7, 11) is 0. The lowest BCUT2D eigenvalue weighted by atomic mass is 9.96. The smallest absolute Gasteiger partial charge is 0.338 e. The van der Waals surface area contributed by atoms with Crippen LogP contribution in [0.25, 0.3) is 6.08 Å². The predicted octanol–water partition coefficient (Wildman–Crippen LogP) is 5.68. The number of thiazole rings is 1. The number of nitrogens with zero attached hydrogens (tertiary/aromatic N) is 2. The Morgan fingerprint density at radius 2 is 1.87 bits per heavy atom. The van der Waals surface area contributed by atoms with Crippen molar-refractivity contribution in [2.24, 2.45) is 4.99 Å². The van der Waals surface area contributed by atoms with Crippen molar-refractivity contribution in [1.82, 2.24) is 4.57 Å². The number of hydrogen-bond acceptors (Lipinski definition) is 6. The summed E-state index contributed by atoms with van der Waals surface area (Å²) in [6, 6.07) is 21.5. The highest BCUT2D eigenvalue weighted by atomic mass is 35.5. The molecule has 6 nitrogen and oxygen atoms in total. The Bertz CT molecular complexity index is 1760. The number of fused-ring (bicyclic) bond motifs is 1. The molecular formula is C30H24Cl2N2O4S. The fourth-order valence-corrected chi connectivity index (χ4v) is 5.90. The number of esters is 1. The van der Waals surface area contributed by atoms with Crippen LogP contribution in [0.1, 0.15) is 36.6 Å². The van der Waals surface area contributed by atoms with Gasteiger partial charge in [0.05, 0.1) is 28.5 Å². The molecule has 39 heavy (non-hydrogen) atoms. The van der Waals surface area contributed by atoms with Crippen molar-refractivity contribution in [3.63, 3.8) is 0 Å². The molecule has 0 fully saturated rings. The minimum atomic E-state index is -0.637. The van der Waals surface area contributed by atoms with Crippen molar-refractivity contribution < 1.29 is 14.3 Å². The van der Waals surface area contributed by atoms with Gasteiger partial charge in [-0.2, -0.15) is 0 Å². The number of aromatic nitrogens is 1. The average molecular weight is 580 g/mol. The maximum atomic E-state index is 13.7. The summed E-state index contributed by atoms with van der Waals surface area (Å²) in [4.78, 5) is 31.8. The maximum Gasteiger partial charge on any atom is 0.338 e. The normalized spacial score (nSPS) is 15.1. The molecule has 1 aliphatic heterocycles. The topological polar surface area (TPSA) is 69.9 Å². The van der Waals surface area contributed by atoms with Gasteiger partial charge >= 0.3 is 5.97 Å². The van der Waals surface area contributed by atoms with Crippen LogP contribution in [0.5, 0.6) is 5.75 Å². The van der Waals surface area contributed by atoms with Crippen LogP contribution in [0.3, 0.4) is 0 Å². The molecule has 0 radical (unpaired) electrons. The highest BCUT2D eigenvalue weighted by molar-refractivity contribution is 7.07. The molecule has 4 aromatic rings. The van der Waals surface area contributed by atoms with Crippen molar-refractivity contribution in [2.75, 3.05) is 6.61 Å². The Morgan fingerprint density at radius 1 is 1.08 bits per heavy atom. The summed E-state index contributed by atoms with van der Waals surface area (Å²) < 4.78 is 13.4. The Kier molecular flexibility index (Phi) is 8.02. The summed E-state index contributed by atoms with van der Waals surface area (Å²) in [5.41, 5.74) is 3.07. The first-order valence-corrected chi connectivity index (χ1v) is 13.8. The lowest BCUT2D eigenvalue weighted by Crippen LogP contribution is -2.39. The van der Waals surface area contributed by atoms with Crippen LogP contribution in [0.2, 0.25) is 10.0 Å². The molecule has 1 atom stereocenters. The standard InChI is InChI=1S/C30H24Cl2N2O4S/c1-3-37-29(36)26-18(2)33-30-34(27(26)20-9-5-4-6-10-20)28(35)25(39-30)15-19-8-7-11-23(14-19)38-17-21-12-13-22(31)16-24(21)32/h4-16,27H,3,17H2,1-2H3/b25-15+/t27-/m1/s1. The third-order valence-corrected chi connectivity index (χ3v) is 7.77. The van der Waals surface area contributed by atoms with E-state index in [1.54, 1.807) is 36.6 Å². The summed E-state index contributed by atoms with van der Waals surface area (Å²) in [5, 5.41) is 1.09. The second-order valence-electron chi connectivity index (χ2n) is 8.81.